The van der Waals surface area contributed by atoms with Crippen LogP contribution >= 0.6 is 11.3 Å². The van der Waals surface area contributed by atoms with Crippen molar-refractivity contribution in [2.75, 3.05) is 19.7 Å². The van der Waals surface area contributed by atoms with Gasteiger partial charge in [-0.2, -0.15) is 0 Å². The summed E-state index contributed by atoms with van der Waals surface area (Å²) in [6.07, 6.45) is 4.01. The first-order chi connectivity index (χ1) is 13.9. The number of nitrogens with zero attached hydrogens (tertiary/aromatic N) is 2. The highest BCUT2D eigenvalue weighted by atomic mass is 32.1. The van der Waals surface area contributed by atoms with Crippen LogP contribution in [0.3, 0.4) is 0 Å². The van der Waals surface area contributed by atoms with Crippen molar-refractivity contribution < 1.29 is 14.3 Å². The minimum atomic E-state index is -0.531. The fraction of sp³-hybridized carbons (Fsp3) is 0.409. The van der Waals surface area contributed by atoms with E-state index in [4.69, 9.17) is 4.74 Å². The second kappa shape index (κ2) is 10.8. The van der Waals surface area contributed by atoms with E-state index in [2.05, 4.69) is 6.92 Å². The van der Waals surface area contributed by atoms with Gasteiger partial charge in [0.2, 0.25) is 5.91 Å². The Kier molecular flexibility index (Phi) is 8.39. The minimum absolute atomic E-state index is 0.106. The maximum Gasteiger partial charge on any atom is 0.333 e. The summed E-state index contributed by atoms with van der Waals surface area (Å²) in [5.74, 6) is -0.691. The van der Waals surface area contributed by atoms with E-state index in [1.165, 1.54) is 27.5 Å². The summed E-state index contributed by atoms with van der Waals surface area (Å²) in [7, 11) is 0. The van der Waals surface area contributed by atoms with Crippen molar-refractivity contribution in [3.63, 3.8) is 0 Å². The molecule has 1 amide bonds. The molecule has 0 aliphatic rings. The first-order valence-electron chi connectivity index (χ1n) is 9.89. The summed E-state index contributed by atoms with van der Waals surface area (Å²) in [4.78, 5) is 39.2. The van der Waals surface area contributed by atoms with E-state index in [-0.39, 0.29) is 24.6 Å². The van der Waals surface area contributed by atoms with Crippen LogP contribution in [0.15, 0.2) is 29.1 Å². The molecule has 0 spiro atoms. The number of aromatic nitrogens is 1. The van der Waals surface area contributed by atoms with E-state index in [0.717, 1.165) is 12.0 Å². The van der Waals surface area contributed by atoms with Crippen molar-refractivity contribution >= 4 is 35.4 Å². The van der Waals surface area contributed by atoms with Gasteiger partial charge in [0.15, 0.2) is 0 Å². The van der Waals surface area contributed by atoms with Crippen LogP contribution in [0.4, 0.5) is 0 Å². The molecular formula is C22H28N2O4S. The molecule has 0 aliphatic carbocycles. The topological polar surface area (TPSA) is 68.6 Å². The third-order valence-corrected chi connectivity index (χ3v) is 5.62. The Hall–Kier alpha value is -2.67. The minimum Gasteiger partial charge on any atom is -0.463 e. The van der Waals surface area contributed by atoms with Crippen molar-refractivity contribution in [2.24, 2.45) is 0 Å². The number of benzene rings is 1. The molecule has 6 nitrogen and oxygen atoms in total. The Morgan fingerprint density at radius 3 is 2.31 bits per heavy atom. The molecule has 29 heavy (non-hydrogen) atoms. The summed E-state index contributed by atoms with van der Waals surface area (Å²) in [6.45, 7) is 8.85. The van der Waals surface area contributed by atoms with Crippen LogP contribution in [-0.2, 0) is 27.3 Å². The van der Waals surface area contributed by atoms with Gasteiger partial charge in [-0.25, -0.2) is 4.79 Å². The number of aryl methyl sites for hydroxylation is 1. The first-order valence-corrected chi connectivity index (χ1v) is 10.7. The number of esters is 1. The van der Waals surface area contributed by atoms with Gasteiger partial charge < -0.3 is 9.64 Å². The molecule has 0 radical (unpaired) electrons. The van der Waals surface area contributed by atoms with Gasteiger partial charge in [0.25, 0.3) is 5.56 Å². The fourth-order valence-corrected chi connectivity index (χ4v) is 3.92. The molecule has 0 N–H and O–H groups in total. The van der Waals surface area contributed by atoms with Gasteiger partial charge in [-0.3, -0.25) is 14.2 Å². The summed E-state index contributed by atoms with van der Waals surface area (Å²) < 4.78 is 7.21. The van der Waals surface area contributed by atoms with E-state index in [1.807, 2.05) is 38.1 Å². The Bertz CT molecular complexity index is 1010. The number of ether oxygens (including phenoxy) is 1. The molecule has 0 saturated heterocycles. The van der Waals surface area contributed by atoms with E-state index < -0.39 is 5.97 Å². The lowest BCUT2D eigenvalue weighted by Crippen LogP contribution is -2.40. The van der Waals surface area contributed by atoms with Gasteiger partial charge >= 0.3 is 5.97 Å². The van der Waals surface area contributed by atoms with Crippen LogP contribution in [0.2, 0.25) is 0 Å². The highest BCUT2D eigenvalue weighted by molar-refractivity contribution is 7.07. The summed E-state index contributed by atoms with van der Waals surface area (Å²) in [5.41, 5.74) is 1.82. The Morgan fingerprint density at radius 1 is 1.10 bits per heavy atom. The lowest BCUT2D eigenvalue weighted by atomic mass is 10.1. The number of likely N-dealkylation sites (N-methyl/N-ethyl adjacent to an activating group) is 1. The van der Waals surface area contributed by atoms with Crippen LogP contribution < -0.4 is 14.8 Å². The van der Waals surface area contributed by atoms with Gasteiger partial charge in [0, 0.05) is 13.1 Å². The smallest absolute Gasteiger partial charge is 0.333 e. The molecule has 0 atom stereocenters. The van der Waals surface area contributed by atoms with Crippen LogP contribution in [-0.4, -0.2) is 41.0 Å². The number of hydrogen-bond donors (Lipinski definition) is 0. The molecule has 1 heterocycles. The van der Waals surface area contributed by atoms with E-state index in [9.17, 15) is 14.4 Å². The zero-order valence-electron chi connectivity index (χ0n) is 17.4. The maximum atomic E-state index is 13.0. The van der Waals surface area contributed by atoms with Crippen LogP contribution in [0.25, 0.3) is 12.2 Å². The molecule has 0 saturated carbocycles. The SMILES string of the molecule is CCOC(=O)/C=c1/s/c(=C\c2ccc(CC)cc2)c(=O)n1CC(=O)N(CC)CC. The Labute approximate surface area is 174 Å². The molecule has 1 aromatic carbocycles. The quantitative estimate of drug-likeness (QED) is 0.612. The maximum absolute atomic E-state index is 13.0. The van der Waals surface area contributed by atoms with E-state index in [1.54, 1.807) is 17.9 Å². The number of carbonyl (C=O) groups is 2. The first kappa shape index (κ1) is 22.6. The molecule has 0 fully saturated rings. The zero-order chi connectivity index (χ0) is 21.4. The third kappa shape index (κ3) is 5.90. The van der Waals surface area contributed by atoms with E-state index in [0.29, 0.717) is 22.3 Å². The molecule has 7 heteroatoms. The van der Waals surface area contributed by atoms with Crippen molar-refractivity contribution in [1.29, 1.82) is 0 Å². The Balaban J connectivity index is 2.55. The molecular weight excluding hydrogens is 388 g/mol. The third-order valence-electron chi connectivity index (χ3n) is 4.56. The van der Waals surface area contributed by atoms with Gasteiger partial charge in [-0.05, 0) is 44.4 Å². The molecule has 2 rings (SSSR count). The Morgan fingerprint density at radius 2 is 1.76 bits per heavy atom. The van der Waals surface area contributed by atoms with Crippen LogP contribution in [0, 0.1) is 0 Å². The predicted octanol–water partition coefficient (Wildman–Crippen LogP) is 1.51. The molecule has 0 unspecified atom stereocenters. The second-order valence-electron chi connectivity index (χ2n) is 6.40. The standard InChI is InChI=1S/C22H28N2O4S/c1-5-16-9-11-17(12-10-16)13-18-22(27)24(15-19(25)23(6-2)7-3)20(29-18)14-21(26)28-8-4/h9-14H,5-8,15H2,1-4H3/b18-13-,20-14+. The van der Waals surface area contributed by atoms with Gasteiger partial charge in [0.05, 0.1) is 17.2 Å². The van der Waals surface area contributed by atoms with Crippen molar-refractivity contribution in [1.82, 2.24) is 9.47 Å². The second-order valence-corrected chi connectivity index (χ2v) is 7.46. The van der Waals surface area contributed by atoms with Crippen molar-refractivity contribution in [3.8, 4) is 0 Å². The van der Waals surface area contributed by atoms with Crippen LogP contribution in [0.1, 0.15) is 38.8 Å². The monoisotopic (exact) mass is 416 g/mol. The molecule has 1 aromatic heterocycles. The molecule has 156 valence electrons. The lowest BCUT2D eigenvalue weighted by Gasteiger charge is -2.18. The van der Waals surface area contributed by atoms with Gasteiger partial charge in [0.1, 0.15) is 11.2 Å². The number of carbonyl (C=O) groups excluding carboxylic acids is 2. The van der Waals surface area contributed by atoms with Crippen LogP contribution in [0.5, 0.6) is 0 Å². The van der Waals surface area contributed by atoms with Gasteiger partial charge in [-0.1, -0.05) is 31.2 Å². The molecule has 2 aromatic rings. The van der Waals surface area contributed by atoms with Crippen molar-refractivity contribution in [2.45, 2.75) is 40.7 Å². The average molecular weight is 417 g/mol. The predicted molar refractivity (Wildman–Crippen MR) is 116 cm³/mol. The number of amides is 1. The lowest BCUT2D eigenvalue weighted by molar-refractivity contribution is -0.135. The number of hydrogen-bond acceptors (Lipinski definition) is 5. The van der Waals surface area contributed by atoms with Gasteiger partial charge in [-0.15, -0.1) is 11.3 Å². The highest BCUT2D eigenvalue weighted by Crippen LogP contribution is 2.05. The molecule has 0 aliphatic heterocycles. The largest absolute Gasteiger partial charge is 0.463 e. The number of thiazole rings is 1. The highest BCUT2D eigenvalue weighted by Gasteiger charge is 2.14. The molecule has 0 bridgehead atoms. The normalized spacial score (nSPS) is 12.3. The summed E-state index contributed by atoms with van der Waals surface area (Å²) in [6, 6.07) is 7.96. The summed E-state index contributed by atoms with van der Waals surface area (Å²) >= 11 is 1.18. The summed E-state index contributed by atoms with van der Waals surface area (Å²) in [5, 5.41) is 0. The zero-order valence-corrected chi connectivity index (χ0v) is 18.3. The van der Waals surface area contributed by atoms with Crippen molar-refractivity contribution in [3.05, 3.63) is 54.9 Å². The average Bonchev–Trinajstić information content (AvgIpc) is 2.98. The van der Waals surface area contributed by atoms with E-state index >= 15 is 0 Å². The number of rotatable bonds is 8. The fourth-order valence-electron chi connectivity index (χ4n) is 2.89.